The zero-order valence-electron chi connectivity index (χ0n) is 14.2. The number of hydrogen-bond donors (Lipinski definition) is 2. The van der Waals surface area contributed by atoms with Gasteiger partial charge < -0.3 is 15.6 Å². The van der Waals surface area contributed by atoms with E-state index in [0.29, 0.717) is 33.3 Å². The maximum atomic E-state index is 12.8. The summed E-state index contributed by atoms with van der Waals surface area (Å²) in [6.07, 6.45) is 0. The summed E-state index contributed by atoms with van der Waals surface area (Å²) >= 11 is 6.21. The van der Waals surface area contributed by atoms with Crippen LogP contribution in [0.1, 0.15) is 32.0 Å². The number of benzene rings is 2. The molecule has 1 aromatic heterocycles. The Bertz CT molecular complexity index is 1010. The number of carbonyl (C=O) groups is 2. The topological polar surface area (TPSA) is 98.2 Å². The molecule has 0 spiro atoms. The minimum atomic E-state index is -0.559. The van der Waals surface area contributed by atoms with Crippen LogP contribution in [-0.2, 0) is 0 Å². The molecule has 2 aromatic carbocycles. The number of aryl methyl sites for hydroxylation is 2. The van der Waals surface area contributed by atoms with E-state index in [-0.39, 0.29) is 5.56 Å². The molecule has 0 atom stereocenters. The van der Waals surface area contributed by atoms with Crippen LogP contribution in [0.2, 0.25) is 5.02 Å². The van der Waals surface area contributed by atoms with E-state index in [2.05, 4.69) is 10.5 Å². The van der Waals surface area contributed by atoms with Gasteiger partial charge >= 0.3 is 0 Å². The Morgan fingerprint density at radius 3 is 2.58 bits per heavy atom. The van der Waals surface area contributed by atoms with Gasteiger partial charge in [-0.25, -0.2) is 0 Å². The van der Waals surface area contributed by atoms with Crippen LogP contribution in [-0.4, -0.2) is 17.0 Å². The second kappa shape index (κ2) is 7.01. The zero-order valence-corrected chi connectivity index (χ0v) is 14.9. The van der Waals surface area contributed by atoms with E-state index in [1.807, 2.05) is 0 Å². The molecule has 0 aliphatic carbocycles. The summed E-state index contributed by atoms with van der Waals surface area (Å²) in [4.78, 5) is 24.3. The summed E-state index contributed by atoms with van der Waals surface area (Å²) < 4.78 is 5.20. The zero-order chi connectivity index (χ0) is 18.8. The van der Waals surface area contributed by atoms with Gasteiger partial charge in [-0.2, -0.15) is 0 Å². The lowest BCUT2D eigenvalue weighted by Crippen LogP contribution is -2.16. The van der Waals surface area contributed by atoms with Gasteiger partial charge in [0.2, 0.25) is 5.91 Å². The largest absolute Gasteiger partial charge is 0.366 e. The second-order valence-electron chi connectivity index (χ2n) is 5.79. The van der Waals surface area contributed by atoms with Crippen molar-refractivity contribution in [1.29, 1.82) is 0 Å². The molecule has 2 amide bonds. The van der Waals surface area contributed by atoms with Crippen LogP contribution in [0.15, 0.2) is 47.0 Å². The molecule has 132 valence electrons. The van der Waals surface area contributed by atoms with E-state index in [0.717, 1.165) is 5.56 Å². The maximum Gasteiger partial charge on any atom is 0.261 e. The summed E-state index contributed by atoms with van der Waals surface area (Å²) in [7, 11) is 0. The quantitative estimate of drug-likeness (QED) is 0.727. The molecule has 3 aromatic rings. The lowest BCUT2D eigenvalue weighted by molar-refractivity contribution is 0.0995. The van der Waals surface area contributed by atoms with E-state index in [1.165, 1.54) is 6.07 Å². The third kappa shape index (κ3) is 3.32. The first-order chi connectivity index (χ1) is 12.4. The standard InChI is InChI=1S/C19H16ClN3O3/c1-10-7-8-12(9-14(10)18(21)24)22-19(25)16-11(2)26-23-17(16)13-5-3-4-6-15(13)20/h3-9H,1-2H3,(H2,21,24)(H,22,25). The van der Waals surface area contributed by atoms with E-state index in [1.54, 1.807) is 50.2 Å². The van der Waals surface area contributed by atoms with Crippen LogP contribution in [0.4, 0.5) is 5.69 Å². The highest BCUT2D eigenvalue weighted by molar-refractivity contribution is 6.33. The predicted molar refractivity (Wildman–Crippen MR) is 99.3 cm³/mol. The van der Waals surface area contributed by atoms with Gasteiger partial charge in [0.15, 0.2) is 0 Å². The fourth-order valence-corrected chi connectivity index (χ4v) is 2.86. The molecular weight excluding hydrogens is 354 g/mol. The molecule has 0 radical (unpaired) electrons. The number of halogens is 1. The Morgan fingerprint density at radius 2 is 1.88 bits per heavy atom. The van der Waals surface area contributed by atoms with Crippen LogP contribution < -0.4 is 11.1 Å². The van der Waals surface area contributed by atoms with Gasteiger partial charge in [0.05, 0.1) is 5.02 Å². The molecule has 0 saturated heterocycles. The number of carbonyl (C=O) groups excluding carboxylic acids is 2. The lowest BCUT2D eigenvalue weighted by Gasteiger charge is -2.09. The van der Waals surface area contributed by atoms with Crippen LogP contribution in [0.5, 0.6) is 0 Å². The Labute approximate surface area is 154 Å². The molecule has 0 aliphatic heterocycles. The van der Waals surface area contributed by atoms with Crippen molar-refractivity contribution in [1.82, 2.24) is 5.16 Å². The highest BCUT2D eigenvalue weighted by atomic mass is 35.5. The Balaban J connectivity index is 1.97. The van der Waals surface area contributed by atoms with Crippen LogP contribution >= 0.6 is 11.6 Å². The number of hydrogen-bond acceptors (Lipinski definition) is 4. The van der Waals surface area contributed by atoms with Crippen molar-refractivity contribution in [3.8, 4) is 11.3 Å². The first-order valence-corrected chi connectivity index (χ1v) is 8.19. The molecule has 7 heteroatoms. The van der Waals surface area contributed by atoms with E-state index in [4.69, 9.17) is 21.9 Å². The summed E-state index contributed by atoms with van der Waals surface area (Å²) in [6.45, 7) is 3.41. The number of amides is 2. The van der Waals surface area contributed by atoms with Crippen molar-refractivity contribution in [2.24, 2.45) is 5.73 Å². The maximum absolute atomic E-state index is 12.8. The first kappa shape index (κ1) is 17.7. The molecule has 0 bridgehead atoms. The van der Waals surface area contributed by atoms with Gasteiger partial charge in [0, 0.05) is 16.8 Å². The van der Waals surface area contributed by atoms with Gasteiger partial charge in [-0.1, -0.05) is 41.0 Å². The number of anilines is 1. The average molecular weight is 370 g/mol. The first-order valence-electron chi connectivity index (χ1n) is 7.81. The number of nitrogens with two attached hydrogens (primary N) is 1. The highest BCUT2D eigenvalue weighted by Gasteiger charge is 2.23. The minimum Gasteiger partial charge on any atom is -0.366 e. The number of nitrogens with one attached hydrogen (secondary N) is 1. The molecule has 0 saturated carbocycles. The fourth-order valence-electron chi connectivity index (χ4n) is 2.64. The Kier molecular flexibility index (Phi) is 4.77. The normalized spacial score (nSPS) is 10.6. The third-order valence-corrected chi connectivity index (χ3v) is 4.31. The number of primary amides is 1. The predicted octanol–water partition coefficient (Wildman–Crippen LogP) is 3.96. The smallest absolute Gasteiger partial charge is 0.261 e. The molecular formula is C19H16ClN3O3. The van der Waals surface area contributed by atoms with Crippen LogP contribution in [0.3, 0.4) is 0 Å². The number of nitrogens with zero attached hydrogens (tertiary/aromatic N) is 1. The van der Waals surface area contributed by atoms with Crippen LogP contribution in [0.25, 0.3) is 11.3 Å². The molecule has 6 nitrogen and oxygen atoms in total. The molecule has 0 aliphatic rings. The van der Waals surface area contributed by atoms with Crippen molar-refractivity contribution in [3.05, 3.63) is 69.9 Å². The van der Waals surface area contributed by atoms with Crippen molar-refractivity contribution >= 4 is 29.1 Å². The molecule has 0 unspecified atom stereocenters. The molecule has 1 heterocycles. The Morgan fingerprint density at radius 1 is 1.15 bits per heavy atom. The summed E-state index contributed by atoms with van der Waals surface area (Å²) in [5.41, 5.74) is 8.10. The van der Waals surface area contributed by atoms with Gasteiger partial charge in [0.25, 0.3) is 5.91 Å². The summed E-state index contributed by atoms with van der Waals surface area (Å²) in [5, 5.41) is 7.18. The van der Waals surface area contributed by atoms with Gasteiger partial charge in [-0.05, 0) is 37.6 Å². The second-order valence-corrected chi connectivity index (χ2v) is 6.20. The van der Waals surface area contributed by atoms with Gasteiger partial charge in [-0.3, -0.25) is 9.59 Å². The minimum absolute atomic E-state index is 0.277. The van der Waals surface area contributed by atoms with E-state index >= 15 is 0 Å². The molecule has 3 N–H and O–H groups in total. The van der Waals surface area contributed by atoms with Gasteiger partial charge in [-0.15, -0.1) is 0 Å². The van der Waals surface area contributed by atoms with Gasteiger partial charge in [0.1, 0.15) is 17.0 Å². The van der Waals surface area contributed by atoms with Crippen molar-refractivity contribution in [3.63, 3.8) is 0 Å². The Hall–Kier alpha value is -3.12. The van der Waals surface area contributed by atoms with E-state index in [9.17, 15) is 9.59 Å². The third-order valence-electron chi connectivity index (χ3n) is 3.98. The molecule has 0 fully saturated rings. The number of rotatable bonds is 4. The lowest BCUT2D eigenvalue weighted by atomic mass is 10.0. The summed E-state index contributed by atoms with van der Waals surface area (Å²) in [5.74, 6) is -0.617. The average Bonchev–Trinajstić information content (AvgIpc) is 2.98. The van der Waals surface area contributed by atoms with Crippen molar-refractivity contribution in [2.45, 2.75) is 13.8 Å². The molecule has 26 heavy (non-hydrogen) atoms. The van der Waals surface area contributed by atoms with Crippen LogP contribution in [0, 0.1) is 13.8 Å². The van der Waals surface area contributed by atoms with E-state index < -0.39 is 11.8 Å². The van der Waals surface area contributed by atoms with Crippen molar-refractivity contribution in [2.75, 3.05) is 5.32 Å². The fraction of sp³-hybridized carbons (Fsp3) is 0.105. The monoisotopic (exact) mass is 369 g/mol. The van der Waals surface area contributed by atoms with Crippen molar-refractivity contribution < 1.29 is 14.1 Å². The number of aromatic nitrogens is 1. The highest BCUT2D eigenvalue weighted by Crippen LogP contribution is 2.31. The summed E-state index contributed by atoms with van der Waals surface area (Å²) in [6, 6.07) is 12.0. The molecule has 3 rings (SSSR count). The SMILES string of the molecule is Cc1ccc(NC(=O)c2c(-c3ccccc3Cl)noc2C)cc1C(N)=O.